The second kappa shape index (κ2) is 7.54. The number of hydrogen-bond acceptors (Lipinski definition) is 5. The number of benzene rings is 1. The van der Waals surface area contributed by atoms with Crippen molar-refractivity contribution in [2.24, 2.45) is 11.8 Å². The molecule has 6 heteroatoms. The van der Waals surface area contributed by atoms with Gasteiger partial charge in [0.05, 0.1) is 36.5 Å². The Morgan fingerprint density at radius 1 is 1.04 bits per heavy atom. The first-order chi connectivity index (χ1) is 12.0. The summed E-state index contributed by atoms with van der Waals surface area (Å²) in [6.07, 6.45) is 1.77. The van der Waals surface area contributed by atoms with Crippen LogP contribution in [0.4, 0.5) is 0 Å². The van der Waals surface area contributed by atoms with Crippen LogP contribution in [0.25, 0.3) is 0 Å². The van der Waals surface area contributed by atoms with E-state index in [0.717, 1.165) is 12.8 Å². The Kier molecular flexibility index (Phi) is 5.39. The molecule has 1 N–H and O–H groups in total. The molecule has 1 aromatic carbocycles. The predicted octanol–water partition coefficient (Wildman–Crippen LogP) is 2.76. The lowest BCUT2D eigenvalue weighted by atomic mass is 9.78. The van der Waals surface area contributed by atoms with Crippen LogP contribution in [-0.2, 0) is 14.2 Å². The molecule has 2 heterocycles. The van der Waals surface area contributed by atoms with E-state index in [1.54, 1.807) is 0 Å². The Labute approximate surface area is 147 Å². The van der Waals surface area contributed by atoms with E-state index < -0.39 is 11.9 Å². The summed E-state index contributed by atoms with van der Waals surface area (Å²) < 4.78 is 17.0. The molecule has 2 saturated heterocycles. The van der Waals surface area contributed by atoms with Crippen LogP contribution < -0.4 is 0 Å². The minimum Gasteiger partial charge on any atom is -0.478 e. The van der Waals surface area contributed by atoms with Gasteiger partial charge in [-0.3, -0.25) is 0 Å². The van der Waals surface area contributed by atoms with Crippen LogP contribution in [0, 0.1) is 11.8 Å². The van der Waals surface area contributed by atoms with Gasteiger partial charge < -0.3 is 19.3 Å². The molecule has 2 fully saturated rings. The molecule has 0 saturated carbocycles. The van der Waals surface area contributed by atoms with Crippen LogP contribution in [-0.4, -0.2) is 48.6 Å². The lowest BCUT2D eigenvalue weighted by molar-refractivity contribution is -0.222. The lowest BCUT2D eigenvalue weighted by Gasteiger charge is -2.48. The summed E-state index contributed by atoms with van der Waals surface area (Å²) in [6.45, 7) is 5.33. The maximum Gasteiger partial charge on any atom is 0.338 e. The van der Waals surface area contributed by atoms with Gasteiger partial charge in [-0.1, -0.05) is 13.8 Å². The molecule has 25 heavy (non-hydrogen) atoms. The number of aromatic carboxylic acids is 1. The van der Waals surface area contributed by atoms with Crippen molar-refractivity contribution in [2.75, 3.05) is 13.2 Å². The normalized spacial score (nSPS) is 29.2. The highest BCUT2D eigenvalue weighted by atomic mass is 16.6. The fraction of sp³-hybridized carbons (Fsp3) is 0.579. The third kappa shape index (κ3) is 3.55. The molecule has 1 aromatic rings. The van der Waals surface area contributed by atoms with Crippen molar-refractivity contribution < 1.29 is 28.9 Å². The van der Waals surface area contributed by atoms with Crippen LogP contribution >= 0.6 is 0 Å². The van der Waals surface area contributed by atoms with Crippen molar-refractivity contribution in [3.05, 3.63) is 35.4 Å². The third-order valence-corrected chi connectivity index (χ3v) is 5.22. The average Bonchev–Trinajstić information content (AvgIpc) is 2.53. The van der Waals surface area contributed by atoms with E-state index in [0.29, 0.717) is 18.8 Å². The molecule has 3 rings (SSSR count). The standard InChI is InChI=1S/C19H24O6/c1-3-15-13(9-23-15)17(14-10-24-16(14)4-2)25-19(22)12-7-5-11(6-8-12)18(20)21/h5-8,13-17H,3-4,9-10H2,1-2H3,(H,20,21). The molecule has 4 unspecified atom stereocenters. The van der Waals surface area contributed by atoms with E-state index in [-0.39, 0.29) is 35.7 Å². The molecular weight excluding hydrogens is 324 g/mol. The molecule has 136 valence electrons. The Morgan fingerprint density at radius 3 is 1.88 bits per heavy atom. The van der Waals surface area contributed by atoms with Gasteiger partial charge in [0, 0.05) is 11.8 Å². The number of carboxylic acid groups (broad SMARTS) is 1. The minimum atomic E-state index is -1.02. The number of carbonyl (C=O) groups excluding carboxylic acids is 1. The number of esters is 1. The maximum atomic E-state index is 12.6. The van der Waals surface area contributed by atoms with Crippen LogP contribution in [0.1, 0.15) is 47.4 Å². The second-order valence-corrected chi connectivity index (χ2v) is 6.64. The summed E-state index contributed by atoms with van der Waals surface area (Å²) >= 11 is 0. The van der Waals surface area contributed by atoms with E-state index in [2.05, 4.69) is 13.8 Å². The molecule has 2 aliphatic heterocycles. The van der Waals surface area contributed by atoms with Gasteiger partial charge in [-0.15, -0.1) is 0 Å². The zero-order valence-electron chi connectivity index (χ0n) is 14.5. The number of ether oxygens (including phenoxy) is 3. The summed E-state index contributed by atoms with van der Waals surface area (Å²) in [7, 11) is 0. The first-order valence-corrected chi connectivity index (χ1v) is 8.82. The largest absolute Gasteiger partial charge is 0.478 e. The quantitative estimate of drug-likeness (QED) is 0.763. The Morgan fingerprint density at radius 2 is 1.52 bits per heavy atom. The SMILES string of the molecule is CCC1OCC1C(OC(=O)c1ccc(C(=O)O)cc1)C1COC1CC. The van der Waals surface area contributed by atoms with Gasteiger partial charge >= 0.3 is 11.9 Å². The number of rotatable bonds is 7. The van der Waals surface area contributed by atoms with Crippen molar-refractivity contribution in [3.8, 4) is 0 Å². The second-order valence-electron chi connectivity index (χ2n) is 6.64. The molecule has 6 nitrogen and oxygen atoms in total. The van der Waals surface area contributed by atoms with Gasteiger partial charge in [0.1, 0.15) is 6.10 Å². The molecule has 0 bridgehead atoms. The molecule has 0 aromatic heterocycles. The van der Waals surface area contributed by atoms with E-state index in [1.807, 2.05) is 0 Å². The number of hydrogen-bond donors (Lipinski definition) is 1. The lowest BCUT2D eigenvalue weighted by Crippen LogP contribution is -2.57. The first-order valence-electron chi connectivity index (χ1n) is 8.82. The Hall–Kier alpha value is -1.92. The summed E-state index contributed by atoms with van der Waals surface area (Å²) in [5.41, 5.74) is 0.501. The van der Waals surface area contributed by atoms with Crippen molar-refractivity contribution >= 4 is 11.9 Å². The maximum absolute atomic E-state index is 12.6. The first kappa shape index (κ1) is 17.9. The molecule has 0 amide bonds. The molecule has 0 spiro atoms. The monoisotopic (exact) mass is 348 g/mol. The smallest absolute Gasteiger partial charge is 0.338 e. The molecular formula is C19H24O6. The van der Waals surface area contributed by atoms with Crippen molar-refractivity contribution in [1.29, 1.82) is 0 Å². The summed E-state index contributed by atoms with van der Waals surface area (Å²) in [6, 6.07) is 5.81. The fourth-order valence-corrected chi connectivity index (χ4v) is 3.57. The minimum absolute atomic E-state index is 0.116. The highest BCUT2D eigenvalue weighted by molar-refractivity contribution is 5.92. The zero-order chi connectivity index (χ0) is 18.0. The van der Waals surface area contributed by atoms with E-state index in [1.165, 1.54) is 24.3 Å². The molecule has 4 atom stereocenters. The Balaban J connectivity index is 1.73. The van der Waals surface area contributed by atoms with Crippen LogP contribution in [0.3, 0.4) is 0 Å². The van der Waals surface area contributed by atoms with Gasteiger partial charge in [-0.25, -0.2) is 9.59 Å². The van der Waals surface area contributed by atoms with E-state index in [9.17, 15) is 9.59 Å². The highest BCUT2D eigenvalue weighted by Gasteiger charge is 2.49. The summed E-state index contributed by atoms with van der Waals surface area (Å²) in [5, 5.41) is 8.95. The Bertz CT molecular complexity index is 601. The van der Waals surface area contributed by atoms with Gasteiger partial charge in [0.15, 0.2) is 0 Å². The molecule has 2 aliphatic rings. The van der Waals surface area contributed by atoms with Gasteiger partial charge in [-0.05, 0) is 37.1 Å². The van der Waals surface area contributed by atoms with Gasteiger partial charge in [0.25, 0.3) is 0 Å². The third-order valence-electron chi connectivity index (χ3n) is 5.22. The van der Waals surface area contributed by atoms with Crippen LogP contribution in [0.5, 0.6) is 0 Å². The average molecular weight is 348 g/mol. The van der Waals surface area contributed by atoms with E-state index >= 15 is 0 Å². The molecule has 0 radical (unpaired) electrons. The topological polar surface area (TPSA) is 82.1 Å². The summed E-state index contributed by atoms with van der Waals surface area (Å²) in [5.74, 6) is -1.07. The fourth-order valence-electron chi connectivity index (χ4n) is 3.57. The van der Waals surface area contributed by atoms with Crippen molar-refractivity contribution in [2.45, 2.75) is 45.0 Å². The zero-order valence-corrected chi connectivity index (χ0v) is 14.5. The van der Waals surface area contributed by atoms with Crippen molar-refractivity contribution in [3.63, 3.8) is 0 Å². The van der Waals surface area contributed by atoms with E-state index in [4.69, 9.17) is 19.3 Å². The van der Waals surface area contributed by atoms with Gasteiger partial charge in [0.2, 0.25) is 0 Å². The highest BCUT2D eigenvalue weighted by Crippen LogP contribution is 2.38. The van der Waals surface area contributed by atoms with Crippen molar-refractivity contribution in [1.82, 2.24) is 0 Å². The number of carbonyl (C=O) groups is 2. The van der Waals surface area contributed by atoms with Crippen LogP contribution in [0.2, 0.25) is 0 Å². The predicted molar refractivity (Wildman–Crippen MR) is 89.6 cm³/mol. The van der Waals surface area contributed by atoms with Gasteiger partial charge in [-0.2, -0.15) is 0 Å². The van der Waals surface area contributed by atoms with Crippen LogP contribution in [0.15, 0.2) is 24.3 Å². The summed E-state index contributed by atoms with van der Waals surface area (Å²) in [4.78, 5) is 23.5. The number of carboxylic acids is 1. The molecule has 0 aliphatic carbocycles.